The van der Waals surface area contributed by atoms with Crippen LogP contribution < -0.4 is 16.8 Å². The van der Waals surface area contributed by atoms with Gasteiger partial charge in [-0.05, 0) is 76.8 Å². The molecule has 0 spiro atoms. The van der Waals surface area contributed by atoms with Gasteiger partial charge in [0.15, 0.2) is 5.17 Å². The van der Waals surface area contributed by atoms with Crippen molar-refractivity contribution < 1.29 is 17.6 Å². The molecule has 0 fully saturated rings. The molecule has 9 heteroatoms. The maximum atomic E-state index is 13.6. The summed E-state index contributed by atoms with van der Waals surface area (Å²) >= 11 is 1.55. The number of hydrogen-bond donors (Lipinski definition) is 3. The van der Waals surface area contributed by atoms with Crippen LogP contribution in [0.5, 0.6) is 0 Å². The summed E-state index contributed by atoms with van der Waals surface area (Å²) in [7, 11) is 0. The third kappa shape index (κ3) is 6.65. The largest absolute Gasteiger partial charge is 0.416 e. The summed E-state index contributed by atoms with van der Waals surface area (Å²) in [4.78, 5) is 4.88. The van der Waals surface area contributed by atoms with Crippen LogP contribution in [0.3, 0.4) is 0 Å². The van der Waals surface area contributed by atoms with Gasteiger partial charge < -0.3 is 16.8 Å². The lowest BCUT2D eigenvalue weighted by molar-refractivity contribution is -0.137. The Kier molecular flexibility index (Phi) is 8.58. The molecule has 0 radical (unpaired) electrons. The Morgan fingerprint density at radius 3 is 2.32 bits per heavy atom. The molecule has 3 aromatic rings. The molecule has 3 aromatic carbocycles. The van der Waals surface area contributed by atoms with E-state index in [1.165, 1.54) is 30.5 Å². The van der Waals surface area contributed by atoms with Gasteiger partial charge in [-0.2, -0.15) is 13.2 Å². The van der Waals surface area contributed by atoms with E-state index in [1.807, 2.05) is 24.3 Å². The third-order valence-electron chi connectivity index (χ3n) is 6.22. The maximum absolute atomic E-state index is 13.6. The molecular weight excluding hydrogens is 512 g/mol. The van der Waals surface area contributed by atoms with E-state index in [1.54, 1.807) is 30.0 Å². The van der Waals surface area contributed by atoms with Gasteiger partial charge in [0.25, 0.3) is 0 Å². The van der Waals surface area contributed by atoms with Crippen LogP contribution >= 0.6 is 11.8 Å². The highest BCUT2D eigenvalue weighted by Crippen LogP contribution is 2.48. The highest BCUT2D eigenvalue weighted by Gasteiger charge is 2.33. The van der Waals surface area contributed by atoms with Crippen molar-refractivity contribution in [2.45, 2.75) is 29.9 Å². The monoisotopic (exact) mass is 540 g/mol. The van der Waals surface area contributed by atoms with Gasteiger partial charge in [0.1, 0.15) is 5.82 Å². The van der Waals surface area contributed by atoms with Crippen molar-refractivity contribution in [2.24, 2.45) is 16.5 Å². The quantitative estimate of drug-likeness (QED) is 0.287. The van der Waals surface area contributed by atoms with Crippen molar-refractivity contribution in [2.75, 3.05) is 6.54 Å². The standard InChI is InChI=1S/C29H28F4N4S/c1-2-19-5-6-22(16-21(19)13-14-34)27-26(20-7-11-24(30)12-8-20)37-28(38-27)36-17-25(35)15-18-3-9-23(10-4-18)29(31,32)33/h2-14,16,25-27H,1,15,17,34-35H2,(H,36,37)/b14-13-/t25-,26?,27?/m0/s1. The van der Waals surface area contributed by atoms with Crippen molar-refractivity contribution in [3.63, 3.8) is 0 Å². The Hall–Kier alpha value is -3.56. The van der Waals surface area contributed by atoms with Gasteiger partial charge in [0.05, 0.1) is 16.9 Å². The van der Waals surface area contributed by atoms with Gasteiger partial charge in [-0.15, -0.1) is 0 Å². The zero-order valence-corrected chi connectivity index (χ0v) is 21.3. The van der Waals surface area contributed by atoms with Crippen LogP contribution in [-0.4, -0.2) is 17.8 Å². The second kappa shape index (κ2) is 11.9. The molecule has 38 heavy (non-hydrogen) atoms. The molecular formula is C29H28F4N4S. The van der Waals surface area contributed by atoms with Crippen LogP contribution in [0.15, 0.2) is 84.5 Å². The number of nitrogens with two attached hydrogens (primary N) is 2. The average molecular weight is 541 g/mol. The topological polar surface area (TPSA) is 76.4 Å². The molecule has 0 saturated carbocycles. The van der Waals surface area contributed by atoms with Gasteiger partial charge in [-0.25, -0.2) is 4.39 Å². The molecule has 0 bridgehead atoms. The first-order valence-corrected chi connectivity index (χ1v) is 12.9. The van der Waals surface area contributed by atoms with E-state index < -0.39 is 11.7 Å². The molecule has 1 aliphatic rings. The van der Waals surface area contributed by atoms with Crippen LogP contribution in [-0.2, 0) is 12.6 Å². The van der Waals surface area contributed by atoms with Gasteiger partial charge in [0, 0.05) is 12.6 Å². The Balaban J connectivity index is 1.49. The third-order valence-corrected chi connectivity index (χ3v) is 7.48. The minimum Gasteiger partial charge on any atom is -0.405 e. The molecule has 4 nitrogen and oxygen atoms in total. The molecule has 0 saturated heterocycles. The summed E-state index contributed by atoms with van der Waals surface area (Å²) in [5.74, 6) is -0.321. The smallest absolute Gasteiger partial charge is 0.405 e. The second-order valence-corrected chi connectivity index (χ2v) is 10.1. The van der Waals surface area contributed by atoms with E-state index >= 15 is 0 Å². The number of thioether (sulfide) groups is 1. The molecule has 5 N–H and O–H groups in total. The first-order chi connectivity index (χ1) is 18.2. The summed E-state index contributed by atoms with van der Waals surface area (Å²) < 4.78 is 52.1. The van der Waals surface area contributed by atoms with Gasteiger partial charge in [0.2, 0.25) is 0 Å². The van der Waals surface area contributed by atoms with E-state index in [-0.39, 0.29) is 23.2 Å². The van der Waals surface area contributed by atoms with E-state index in [0.717, 1.165) is 39.9 Å². The molecule has 0 amide bonds. The minimum absolute atomic E-state index is 0.0853. The van der Waals surface area contributed by atoms with Gasteiger partial charge in [-0.1, -0.05) is 60.8 Å². The zero-order chi connectivity index (χ0) is 27.3. The number of benzene rings is 3. The van der Waals surface area contributed by atoms with Crippen LogP contribution in [0.4, 0.5) is 17.6 Å². The number of hydrogen-bond acceptors (Lipinski definition) is 5. The molecule has 3 atom stereocenters. The molecule has 4 rings (SSSR count). The molecule has 0 aromatic heterocycles. The van der Waals surface area contributed by atoms with Crippen LogP contribution in [0.2, 0.25) is 0 Å². The number of aliphatic imine (C=N–C) groups is 1. The number of nitrogens with one attached hydrogen (secondary N) is 1. The fraction of sp³-hybridized carbons (Fsp3) is 0.207. The Morgan fingerprint density at radius 2 is 1.68 bits per heavy atom. The number of nitrogens with zero attached hydrogens (tertiary/aromatic N) is 1. The summed E-state index contributed by atoms with van der Waals surface area (Å²) in [5.41, 5.74) is 15.7. The fourth-order valence-electron chi connectivity index (χ4n) is 4.28. The number of alkyl halides is 3. The highest BCUT2D eigenvalue weighted by molar-refractivity contribution is 8.14. The number of amidine groups is 1. The first kappa shape index (κ1) is 27.5. The van der Waals surface area contributed by atoms with E-state index in [9.17, 15) is 17.6 Å². The predicted molar refractivity (Wildman–Crippen MR) is 148 cm³/mol. The van der Waals surface area contributed by atoms with Crippen molar-refractivity contribution in [3.8, 4) is 0 Å². The summed E-state index contributed by atoms with van der Waals surface area (Å²) in [5, 5.41) is 3.90. The van der Waals surface area contributed by atoms with Crippen LogP contribution in [0.25, 0.3) is 12.2 Å². The lowest BCUT2D eigenvalue weighted by atomic mass is 9.95. The highest BCUT2D eigenvalue weighted by atomic mass is 32.2. The maximum Gasteiger partial charge on any atom is 0.416 e. The Morgan fingerprint density at radius 1 is 1.00 bits per heavy atom. The van der Waals surface area contributed by atoms with E-state index in [2.05, 4.69) is 11.9 Å². The van der Waals surface area contributed by atoms with Gasteiger partial charge >= 0.3 is 6.18 Å². The van der Waals surface area contributed by atoms with Crippen molar-refractivity contribution in [3.05, 3.63) is 119 Å². The first-order valence-electron chi connectivity index (χ1n) is 12.0. The van der Waals surface area contributed by atoms with Crippen molar-refractivity contribution in [1.82, 2.24) is 5.32 Å². The lowest BCUT2D eigenvalue weighted by Gasteiger charge is -2.19. The van der Waals surface area contributed by atoms with Gasteiger partial charge in [-0.3, -0.25) is 4.99 Å². The molecule has 0 aliphatic carbocycles. The number of rotatable bonds is 8. The Labute approximate surface area is 223 Å². The number of halogens is 4. The molecule has 198 valence electrons. The minimum atomic E-state index is -4.37. The SMILES string of the molecule is C=Cc1ccc(C2SC(NC[C@@H](N)Cc3ccc(C(F)(F)F)cc3)=NC2c2ccc(F)cc2)cc1/C=C\N. The summed E-state index contributed by atoms with van der Waals surface area (Å²) in [6.45, 7) is 4.24. The molecule has 1 aliphatic heterocycles. The second-order valence-electron chi connectivity index (χ2n) is 8.96. The Bertz CT molecular complexity index is 1320. The molecule has 2 unspecified atom stereocenters. The molecule has 1 heterocycles. The van der Waals surface area contributed by atoms with E-state index in [4.69, 9.17) is 16.5 Å². The summed E-state index contributed by atoms with van der Waals surface area (Å²) in [6.07, 6.45) is 1.09. The zero-order valence-electron chi connectivity index (χ0n) is 20.5. The van der Waals surface area contributed by atoms with E-state index in [0.29, 0.717) is 18.1 Å². The normalized spacial score (nSPS) is 18.4. The summed E-state index contributed by atoms with van der Waals surface area (Å²) in [6, 6.07) is 16.8. The predicted octanol–water partition coefficient (Wildman–Crippen LogP) is 6.46. The average Bonchev–Trinajstić information content (AvgIpc) is 3.32. The lowest BCUT2D eigenvalue weighted by Crippen LogP contribution is -2.37. The fourth-order valence-corrected chi connectivity index (χ4v) is 5.49. The van der Waals surface area contributed by atoms with Crippen molar-refractivity contribution >= 4 is 29.1 Å². The van der Waals surface area contributed by atoms with Crippen LogP contribution in [0, 0.1) is 5.82 Å². The van der Waals surface area contributed by atoms with Crippen LogP contribution in [0.1, 0.15) is 44.7 Å². The van der Waals surface area contributed by atoms with Crippen molar-refractivity contribution in [1.29, 1.82) is 0 Å².